The summed E-state index contributed by atoms with van der Waals surface area (Å²) in [5, 5.41) is 9.12. The summed E-state index contributed by atoms with van der Waals surface area (Å²) in [5.41, 5.74) is 0.596. The van der Waals surface area contributed by atoms with E-state index in [1.807, 2.05) is 4.90 Å². The molecular weight excluding hydrogens is 287 g/mol. The van der Waals surface area contributed by atoms with Crippen LogP contribution in [0.15, 0.2) is 30.6 Å². The fourth-order valence-corrected chi connectivity index (χ4v) is 2.41. The van der Waals surface area contributed by atoms with Crippen molar-refractivity contribution in [2.45, 2.75) is 25.6 Å². The van der Waals surface area contributed by atoms with E-state index in [4.69, 9.17) is 9.84 Å². The van der Waals surface area contributed by atoms with Gasteiger partial charge in [0.15, 0.2) is 5.82 Å². The third-order valence-corrected chi connectivity index (χ3v) is 3.59. The number of ether oxygens (including phenoxy) is 1. The highest BCUT2D eigenvalue weighted by molar-refractivity contribution is 5.31. The molecule has 0 radical (unpaired) electrons. The molecule has 0 atom stereocenters. The number of hydrogen-bond donors (Lipinski definition) is 1. The van der Waals surface area contributed by atoms with Gasteiger partial charge < -0.3 is 14.7 Å². The van der Waals surface area contributed by atoms with Gasteiger partial charge in [0.1, 0.15) is 6.10 Å². The van der Waals surface area contributed by atoms with Crippen LogP contribution >= 0.6 is 0 Å². The maximum Gasteiger partial charge on any atom is 0.250 e. The molecule has 1 saturated heterocycles. The number of halogens is 1. The van der Waals surface area contributed by atoms with E-state index in [2.05, 4.69) is 15.0 Å². The summed E-state index contributed by atoms with van der Waals surface area (Å²) < 4.78 is 19.1. The molecule has 0 aromatic carbocycles. The number of nitrogens with zero attached hydrogens (tertiary/aromatic N) is 4. The molecule has 0 unspecified atom stereocenters. The second-order valence-electron chi connectivity index (χ2n) is 5.10. The number of aliphatic hydroxyl groups excluding tert-OH is 1. The molecule has 3 rings (SSSR count). The topological polar surface area (TPSA) is 71.4 Å². The van der Waals surface area contributed by atoms with Crippen LogP contribution in [0.5, 0.6) is 5.88 Å². The van der Waals surface area contributed by atoms with E-state index in [0.29, 0.717) is 24.7 Å². The van der Waals surface area contributed by atoms with Gasteiger partial charge in [-0.15, -0.1) is 0 Å². The van der Waals surface area contributed by atoms with Crippen molar-refractivity contribution in [1.29, 1.82) is 0 Å². The molecule has 0 saturated carbocycles. The van der Waals surface area contributed by atoms with Gasteiger partial charge in [-0.2, -0.15) is 0 Å². The van der Waals surface area contributed by atoms with E-state index in [1.165, 1.54) is 18.3 Å². The van der Waals surface area contributed by atoms with Crippen molar-refractivity contribution in [1.82, 2.24) is 15.0 Å². The van der Waals surface area contributed by atoms with Gasteiger partial charge in [-0.25, -0.2) is 19.3 Å². The molecule has 1 N–H and O–H groups in total. The van der Waals surface area contributed by atoms with Crippen molar-refractivity contribution in [3.05, 3.63) is 42.1 Å². The van der Waals surface area contributed by atoms with E-state index < -0.39 is 5.82 Å². The standard InChI is InChI=1S/C15H17FN4O2/c16-13-2-1-6-17-14(13)22-12-4-8-20(9-5-12)15-18-7-3-11(10-21)19-15/h1-3,6-7,12,21H,4-5,8-10H2. The number of anilines is 1. The first-order valence-corrected chi connectivity index (χ1v) is 7.21. The Morgan fingerprint density at radius 2 is 2.05 bits per heavy atom. The lowest BCUT2D eigenvalue weighted by atomic mass is 10.1. The number of rotatable bonds is 4. The van der Waals surface area contributed by atoms with Crippen LogP contribution in [0, 0.1) is 5.82 Å². The van der Waals surface area contributed by atoms with Crippen LogP contribution in [0.25, 0.3) is 0 Å². The average molecular weight is 304 g/mol. The maximum atomic E-state index is 13.5. The van der Waals surface area contributed by atoms with E-state index in [1.54, 1.807) is 12.3 Å². The largest absolute Gasteiger partial charge is 0.472 e. The molecule has 116 valence electrons. The van der Waals surface area contributed by atoms with E-state index in [0.717, 1.165) is 12.8 Å². The number of aliphatic hydroxyl groups is 1. The minimum Gasteiger partial charge on any atom is -0.472 e. The average Bonchev–Trinajstić information content (AvgIpc) is 2.58. The zero-order chi connectivity index (χ0) is 15.4. The highest BCUT2D eigenvalue weighted by Crippen LogP contribution is 2.21. The van der Waals surface area contributed by atoms with E-state index in [9.17, 15) is 4.39 Å². The molecule has 2 aromatic heterocycles. The Hall–Kier alpha value is -2.28. The van der Waals surface area contributed by atoms with Crippen LogP contribution in [0.1, 0.15) is 18.5 Å². The van der Waals surface area contributed by atoms with Crippen molar-refractivity contribution >= 4 is 5.95 Å². The molecule has 1 aliphatic heterocycles. The normalized spacial score (nSPS) is 15.8. The fourth-order valence-electron chi connectivity index (χ4n) is 2.41. The highest BCUT2D eigenvalue weighted by Gasteiger charge is 2.23. The molecular formula is C15H17FN4O2. The molecule has 0 amide bonds. The molecule has 0 aliphatic carbocycles. The first-order valence-electron chi connectivity index (χ1n) is 7.21. The molecule has 1 fully saturated rings. The van der Waals surface area contributed by atoms with E-state index in [-0.39, 0.29) is 18.6 Å². The van der Waals surface area contributed by atoms with Crippen LogP contribution < -0.4 is 9.64 Å². The summed E-state index contributed by atoms with van der Waals surface area (Å²) in [5.74, 6) is 0.220. The number of hydrogen-bond acceptors (Lipinski definition) is 6. The van der Waals surface area contributed by atoms with Crippen molar-refractivity contribution in [2.24, 2.45) is 0 Å². The molecule has 3 heterocycles. The van der Waals surface area contributed by atoms with Gasteiger partial charge in [0.05, 0.1) is 12.3 Å². The van der Waals surface area contributed by atoms with Crippen LogP contribution in [-0.4, -0.2) is 39.3 Å². The number of piperidine rings is 1. The first kappa shape index (κ1) is 14.6. The lowest BCUT2D eigenvalue weighted by Gasteiger charge is -2.31. The fraction of sp³-hybridized carbons (Fsp3) is 0.400. The second kappa shape index (κ2) is 6.65. The van der Waals surface area contributed by atoms with E-state index >= 15 is 0 Å². The van der Waals surface area contributed by atoms with Crippen molar-refractivity contribution in [2.75, 3.05) is 18.0 Å². The van der Waals surface area contributed by atoms with Crippen molar-refractivity contribution in [3.63, 3.8) is 0 Å². The summed E-state index contributed by atoms with van der Waals surface area (Å²) in [6.45, 7) is 1.33. The van der Waals surface area contributed by atoms with Gasteiger partial charge in [-0.05, 0) is 18.2 Å². The van der Waals surface area contributed by atoms with Crippen molar-refractivity contribution in [3.8, 4) is 5.88 Å². The monoisotopic (exact) mass is 304 g/mol. The Kier molecular flexibility index (Phi) is 4.43. The van der Waals surface area contributed by atoms with Crippen molar-refractivity contribution < 1.29 is 14.2 Å². The third kappa shape index (κ3) is 3.30. The molecule has 2 aromatic rings. The molecule has 22 heavy (non-hydrogen) atoms. The second-order valence-corrected chi connectivity index (χ2v) is 5.10. The summed E-state index contributed by atoms with van der Waals surface area (Å²) >= 11 is 0. The minimum absolute atomic E-state index is 0.0551. The molecule has 1 aliphatic rings. The number of pyridine rings is 1. The third-order valence-electron chi connectivity index (χ3n) is 3.59. The quantitative estimate of drug-likeness (QED) is 0.924. The lowest BCUT2D eigenvalue weighted by Crippen LogP contribution is -2.39. The lowest BCUT2D eigenvalue weighted by molar-refractivity contribution is 0.156. The summed E-state index contributed by atoms with van der Waals surface area (Å²) in [7, 11) is 0. The minimum atomic E-state index is -0.441. The van der Waals surface area contributed by atoms with Crippen LogP contribution in [0.4, 0.5) is 10.3 Å². The Morgan fingerprint density at radius 1 is 1.23 bits per heavy atom. The maximum absolute atomic E-state index is 13.5. The summed E-state index contributed by atoms with van der Waals surface area (Å²) in [6.07, 6.45) is 4.56. The Balaban J connectivity index is 1.59. The van der Waals surface area contributed by atoms with Crippen LogP contribution in [0.2, 0.25) is 0 Å². The number of aromatic nitrogens is 3. The molecule has 0 spiro atoms. The van der Waals surface area contributed by atoms with Gasteiger partial charge in [-0.1, -0.05) is 0 Å². The van der Waals surface area contributed by atoms with Crippen LogP contribution in [0.3, 0.4) is 0 Å². The smallest absolute Gasteiger partial charge is 0.250 e. The van der Waals surface area contributed by atoms with Gasteiger partial charge >= 0.3 is 0 Å². The zero-order valence-corrected chi connectivity index (χ0v) is 12.0. The van der Waals surface area contributed by atoms with Crippen LogP contribution in [-0.2, 0) is 6.61 Å². The Morgan fingerprint density at radius 3 is 2.77 bits per heavy atom. The zero-order valence-electron chi connectivity index (χ0n) is 12.0. The Bertz CT molecular complexity index is 632. The summed E-state index contributed by atoms with van der Waals surface area (Å²) in [4.78, 5) is 14.5. The molecule has 6 nitrogen and oxygen atoms in total. The molecule has 0 bridgehead atoms. The molecule has 7 heteroatoms. The SMILES string of the molecule is OCc1ccnc(N2CCC(Oc3ncccc3F)CC2)n1. The van der Waals surface area contributed by atoms with Gasteiger partial charge in [0.25, 0.3) is 5.88 Å². The van der Waals surface area contributed by atoms with Gasteiger partial charge in [0, 0.05) is 38.3 Å². The Labute approximate surface area is 127 Å². The predicted octanol–water partition coefficient (Wildman–Crippen LogP) is 1.55. The highest BCUT2D eigenvalue weighted by atomic mass is 19.1. The van der Waals surface area contributed by atoms with Gasteiger partial charge in [0.2, 0.25) is 5.95 Å². The van der Waals surface area contributed by atoms with Gasteiger partial charge in [-0.3, -0.25) is 0 Å². The summed E-state index contributed by atoms with van der Waals surface area (Å²) in [6, 6.07) is 4.56. The predicted molar refractivity (Wildman–Crippen MR) is 78.0 cm³/mol. The first-order chi connectivity index (χ1) is 10.8.